The molecule has 0 atom stereocenters. The van der Waals surface area contributed by atoms with E-state index in [0.717, 1.165) is 5.56 Å². The summed E-state index contributed by atoms with van der Waals surface area (Å²) in [5.41, 5.74) is 2.57. The Kier molecular flexibility index (Phi) is 5.34. The molecule has 0 spiro atoms. The van der Waals surface area contributed by atoms with Gasteiger partial charge < -0.3 is 15.4 Å². The van der Waals surface area contributed by atoms with Crippen molar-refractivity contribution in [3.05, 3.63) is 76.0 Å². The third-order valence-corrected chi connectivity index (χ3v) is 4.69. The summed E-state index contributed by atoms with van der Waals surface area (Å²) in [6.45, 7) is 1.86. The van der Waals surface area contributed by atoms with Gasteiger partial charge in [-0.25, -0.2) is 0 Å². The van der Waals surface area contributed by atoms with E-state index in [2.05, 4.69) is 10.6 Å². The number of hydrogen-bond acceptors (Lipinski definition) is 4. The highest BCUT2D eigenvalue weighted by Crippen LogP contribution is 2.32. The Balaban J connectivity index is 1.83. The number of hydrogen-bond donors (Lipinski definition) is 2. The molecule has 132 valence electrons. The predicted octanol–water partition coefficient (Wildman–Crippen LogP) is 4.57. The van der Waals surface area contributed by atoms with Crippen molar-refractivity contribution in [2.45, 2.75) is 6.92 Å². The zero-order valence-corrected chi connectivity index (χ0v) is 15.2. The third-order valence-electron chi connectivity index (χ3n) is 3.82. The maximum Gasteiger partial charge on any atom is 0.265 e. The van der Waals surface area contributed by atoms with Crippen LogP contribution < -0.4 is 15.4 Å². The van der Waals surface area contributed by atoms with Crippen molar-refractivity contribution in [2.24, 2.45) is 0 Å². The summed E-state index contributed by atoms with van der Waals surface area (Å²) in [5, 5.41) is 7.58. The van der Waals surface area contributed by atoms with Gasteiger partial charge in [-0.3, -0.25) is 9.59 Å². The van der Waals surface area contributed by atoms with Crippen molar-refractivity contribution in [3.8, 4) is 5.75 Å². The van der Waals surface area contributed by atoms with Gasteiger partial charge in [0.1, 0.15) is 5.75 Å². The van der Waals surface area contributed by atoms with Gasteiger partial charge in [-0.15, -0.1) is 11.3 Å². The van der Waals surface area contributed by atoms with E-state index in [1.807, 2.05) is 36.6 Å². The first-order chi connectivity index (χ1) is 12.6. The molecule has 3 rings (SSSR count). The fourth-order valence-corrected chi connectivity index (χ4v) is 3.08. The Morgan fingerprint density at radius 1 is 0.923 bits per heavy atom. The molecule has 3 aromatic rings. The van der Waals surface area contributed by atoms with Gasteiger partial charge in [0.05, 0.1) is 17.7 Å². The number of aryl methyl sites for hydroxylation is 1. The van der Waals surface area contributed by atoms with Gasteiger partial charge >= 0.3 is 0 Å². The quantitative estimate of drug-likeness (QED) is 0.695. The number of methoxy groups -OCH3 is 1. The third kappa shape index (κ3) is 3.92. The lowest BCUT2D eigenvalue weighted by Gasteiger charge is -2.15. The normalized spacial score (nSPS) is 10.2. The van der Waals surface area contributed by atoms with E-state index < -0.39 is 0 Å². The van der Waals surface area contributed by atoms with Gasteiger partial charge in [0.15, 0.2) is 0 Å². The van der Waals surface area contributed by atoms with Gasteiger partial charge in [-0.1, -0.05) is 24.3 Å². The van der Waals surface area contributed by atoms with Crippen LogP contribution in [0.5, 0.6) is 5.75 Å². The highest BCUT2D eigenvalue weighted by Gasteiger charge is 2.15. The summed E-state index contributed by atoms with van der Waals surface area (Å²) in [7, 11) is 1.52. The van der Waals surface area contributed by atoms with Gasteiger partial charge in [0.25, 0.3) is 11.8 Å². The summed E-state index contributed by atoms with van der Waals surface area (Å²) >= 11 is 1.37. The molecule has 0 saturated heterocycles. The average Bonchev–Trinajstić information content (AvgIpc) is 3.19. The summed E-state index contributed by atoms with van der Waals surface area (Å²) in [6, 6.07) is 16.0. The van der Waals surface area contributed by atoms with Crippen molar-refractivity contribution in [2.75, 3.05) is 17.7 Å². The lowest BCUT2D eigenvalue weighted by Crippen LogP contribution is -2.14. The maximum absolute atomic E-state index is 12.4. The lowest BCUT2D eigenvalue weighted by atomic mass is 10.1. The largest absolute Gasteiger partial charge is 0.494 e. The first-order valence-corrected chi connectivity index (χ1v) is 8.86. The summed E-state index contributed by atoms with van der Waals surface area (Å²) in [5.74, 6) is 0.0776. The van der Waals surface area contributed by atoms with Gasteiger partial charge in [-0.05, 0) is 42.1 Å². The SMILES string of the molecule is COc1cc(NC(=O)c2ccccc2)c(C)cc1NC(=O)c1cccs1. The average molecular weight is 366 g/mol. The Hall–Kier alpha value is -3.12. The Morgan fingerprint density at radius 2 is 1.65 bits per heavy atom. The monoisotopic (exact) mass is 366 g/mol. The van der Waals surface area contributed by atoms with Gasteiger partial charge in [-0.2, -0.15) is 0 Å². The zero-order valence-electron chi connectivity index (χ0n) is 14.4. The van der Waals surface area contributed by atoms with E-state index in [4.69, 9.17) is 4.74 Å². The van der Waals surface area contributed by atoms with Crippen molar-refractivity contribution in [1.82, 2.24) is 0 Å². The molecule has 0 fully saturated rings. The highest BCUT2D eigenvalue weighted by molar-refractivity contribution is 7.12. The van der Waals surface area contributed by atoms with E-state index in [-0.39, 0.29) is 11.8 Å². The van der Waals surface area contributed by atoms with Crippen LogP contribution in [0.2, 0.25) is 0 Å². The number of carbonyl (C=O) groups excluding carboxylic acids is 2. The van der Waals surface area contributed by atoms with E-state index in [1.54, 1.807) is 30.3 Å². The predicted molar refractivity (Wildman–Crippen MR) is 104 cm³/mol. The molecule has 0 aliphatic carbocycles. The molecule has 26 heavy (non-hydrogen) atoms. The summed E-state index contributed by atoms with van der Waals surface area (Å²) in [4.78, 5) is 25.3. The number of anilines is 2. The summed E-state index contributed by atoms with van der Waals surface area (Å²) < 4.78 is 5.38. The molecule has 1 heterocycles. The number of rotatable bonds is 5. The molecule has 5 nitrogen and oxygen atoms in total. The second kappa shape index (κ2) is 7.84. The first kappa shape index (κ1) is 17.7. The molecular weight excluding hydrogens is 348 g/mol. The molecular formula is C20H18N2O3S. The Bertz CT molecular complexity index is 922. The molecule has 0 aliphatic heterocycles. The minimum Gasteiger partial charge on any atom is -0.494 e. The van der Waals surface area contributed by atoms with Crippen LogP contribution in [0.3, 0.4) is 0 Å². The number of benzene rings is 2. The molecule has 2 amide bonds. The van der Waals surface area contributed by atoms with Crippen molar-refractivity contribution in [3.63, 3.8) is 0 Å². The zero-order chi connectivity index (χ0) is 18.5. The van der Waals surface area contributed by atoms with Crippen LogP contribution in [-0.2, 0) is 0 Å². The number of nitrogens with one attached hydrogen (secondary N) is 2. The van der Waals surface area contributed by atoms with Crippen molar-refractivity contribution < 1.29 is 14.3 Å². The fraction of sp³-hybridized carbons (Fsp3) is 0.100. The number of thiophene rings is 1. The second-order valence-corrected chi connectivity index (χ2v) is 6.57. The molecule has 0 unspecified atom stereocenters. The summed E-state index contributed by atoms with van der Waals surface area (Å²) in [6.07, 6.45) is 0. The topological polar surface area (TPSA) is 67.4 Å². The lowest BCUT2D eigenvalue weighted by molar-refractivity contribution is 0.101. The van der Waals surface area contributed by atoms with E-state index in [9.17, 15) is 9.59 Å². The molecule has 2 N–H and O–H groups in total. The van der Waals surface area contributed by atoms with E-state index in [0.29, 0.717) is 27.6 Å². The molecule has 2 aromatic carbocycles. The Labute approximate surface area is 155 Å². The number of carbonyl (C=O) groups is 2. The molecule has 1 aromatic heterocycles. The van der Waals surface area contributed by atoms with Crippen LogP contribution in [0, 0.1) is 6.92 Å². The number of ether oxygens (including phenoxy) is 1. The smallest absolute Gasteiger partial charge is 0.265 e. The first-order valence-electron chi connectivity index (χ1n) is 7.98. The molecule has 0 radical (unpaired) electrons. The second-order valence-electron chi connectivity index (χ2n) is 5.62. The fourth-order valence-electron chi connectivity index (χ4n) is 2.46. The minimum atomic E-state index is -0.203. The van der Waals surface area contributed by atoms with Crippen LogP contribution in [0.4, 0.5) is 11.4 Å². The maximum atomic E-state index is 12.4. The molecule has 0 bridgehead atoms. The standard InChI is InChI=1S/C20H18N2O3S/c1-13-11-16(22-20(24)18-9-6-10-26-18)17(25-2)12-15(13)21-19(23)14-7-4-3-5-8-14/h3-12H,1-2H3,(H,21,23)(H,22,24). The Morgan fingerprint density at radius 3 is 2.31 bits per heavy atom. The number of amides is 2. The van der Waals surface area contributed by atoms with Crippen molar-refractivity contribution >= 4 is 34.5 Å². The van der Waals surface area contributed by atoms with E-state index in [1.165, 1.54) is 18.4 Å². The van der Waals surface area contributed by atoms with Crippen molar-refractivity contribution in [1.29, 1.82) is 0 Å². The van der Waals surface area contributed by atoms with Crippen LogP contribution in [0.15, 0.2) is 60.0 Å². The van der Waals surface area contributed by atoms with Crippen LogP contribution in [0.1, 0.15) is 25.6 Å². The van der Waals surface area contributed by atoms with Crippen LogP contribution in [0.25, 0.3) is 0 Å². The van der Waals surface area contributed by atoms with Gasteiger partial charge in [0.2, 0.25) is 0 Å². The van der Waals surface area contributed by atoms with Crippen LogP contribution >= 0.6 is 11.3 Å². The van der Waals surface area contributed by atoms with E-state index >= 15 is 0 Å². The minimum absolute atomic E-state index is 0.196. The molecule has 0 saturated carbocycles. The molecule has 6 heteroatoms. The van der Waals surface area contributed by atoms with Crippen LogP contribution in [-0.4, -0.2) is 18.9 Å². The van der Waals surface area contributed by atoms with Gasteiger partial charge in [0, 0.05) is 17.3 Å². The molecule has 0 aliphatic rings. The highest BCUT2D eigenvalue weighted by atomic mass is 32.1.